The molecule has 0 bridgehead atoms. The fourth-order valence-corrected chi connectivity index (χ4v) is 1.84. The molecule has 0 atom stereocenters. The van der Waals surface area contributed by atoms with Gasteiger partial charge in [0.25, 0.3) is 0 Å². The van der Waals surface area contributed by atoms with E-state index in [1.54, 1.807) is 0 Å². The number of anilines is 1. The van der Waals surface area contributed by atoms with Crippen LogP contribution in [0.15, 0.2) is 18.2 Å². The van der Waals surface area contributed by atoms with E-state index in [4.69, 9.17) is 22.1 Å². The number of carboxylic acids is 1. The Labute approximate surface area is 128 Å². The van der Waals surface area contributed by atoms with E-state index in [-0.39, 0.29) is 16.6 Å². The maximum atomic E-state index is 11.6. The molecule has 0 radical (unpaired) electrons. The van der Waals surface area contributed by atoms with Crippen LogP contribution in [0.4, 0.5) is 5.69 Å². The fraction of sp³-hybridized carbons (Fsp3) is 0.357. The standard InChI is InChI=1S/C14H18N2O4S/c1-3-4-5-12(17)16-14(21)15-10-8-9(13(18)19)6-7-11(10)20-2/h6-8H,3-5H2,1-2H3,(H,18,19)(H2,15,16,17,21). The van der Waals surface area contributed by atoms with Crippen LogP contribution < -0.4 is 15.4 Å². The van der Waals surface area contributed by atoms with Crippen LogP contribution in [0.5, 0.6) is 5.75 Å². The summed E-state index contributed by atoms with van der Waals surface area (Å²) in [5.41, 5.74) is 0.483. The zero-order valence-corrected chi connectivity index (χ0v) is 12.8. The number of nitrogens with one attached hydrogen (secondary N) is 2. The first-order chi connectivity index (χ1) is 9.97. The Morgan fingerprint density at radius 2 is 2.10 bits per heavy atom. The first kappa shape index (κ1) is 16.9. The van der Waals surface area contributed by atoms with Gasteiger partial charge < -0.3 is 20.5 Å². The molecule has 0 aromatic heterocycles. The molecule has 0 heterocycles. The summed E-state index contributed by atoms with van der Waals surface area (Å²) in [5, 5.41) is 14.4. The summed E-state index contributed by atoms with van der Waals surface area (Å²) in [5.74, 6) is -0.800. The number of rotatable bonds is 6. The quantitative estimate of drug-likeness (QED) is 0.699. The van der Waals surface area contributed by atoms with E-state index >= 15 is 0 Å². The lowest BCUT2D eigenvalue weighted by Gasteiger charge is -2.13. The van der Waals surface area contributed by atoms with E-state index in [9.17, 15) is 9.59 Å². The molecule has 114 valence electrons. The largest absolute Gasteiger partial charge is 0.495 e. The molecule has 21 heavy (non-hydrogen) atoms. The minimum Gasteiger partial charge on any atom is -0.495 e. The molecule has 1 aromatic rings. The van der Waals surface area contributed by atoms with E-state index in [1.807, 2.05) is 6.92 Å². The Balaban J connectivity index is 2.76. The summed E-state index contributed by atoms with van der Waals surface area (Å²) in [7, 11) is 1.46. The third-order valence-corrected chi connectivity index (χ3v) is 2.91. The molecule has 1 rings (SSSR count). The van der Waals surface area contributed by atoms with Crippen molar-refractivity contribution in [3.63, 3.8) is 0 Å². The number of benzene rings is 1. The molecule has 1 aromatic carbocycles. The van der Waals surface area contributed by atoms with Crippen LogP contribution in [0, 0.1) is 0 Å². The van der Waals surface area contributed by atoms with Crippen molar-refractivity contribution >= 4 is 34.9 Å². The van der Waals surface area contributed by atoms with Crippen LogP contribution >= 0.6 is 12.2 Å². The van der Waals surface area contributed by atoms with Gasteiger partial charge in [0.15, 0.2) is 5.11 Å². The number of thiocarbonyl (C=S) groups is 1. The topological polar surface area (TPSA) is 87.7 Å². The van der Waals surface area contributed by atoms with Gasteiger partial charge in [-0.05, 0) is 36.8 Å². The van der Waals surface area contributed by atoms with E-state index in [0.717, 1.165) is 12.8 Å². The highest BCUT2D eigenvalue weighted by Crippen LogP contribution is 2.25. The van der Waals surface area contributed by atoms with Crippen molar-refractivity contribution in [2.75, 3.05) is 12.4 Å². The smallest absolute Gasteiger partial charge is 0.335 e. The average molecular weight is 310 g/mol. The van der Waals surface area contributed by atoms with Gasteiger partial charge >= 0.3 is 5.97 Å². The Morgan fingerprint density at radius 3 is 2.67 bits per heavy atom. The number of unbranched alkanes of at least 4 members (excludes halogenated alkanes) is 1. The molecule has 6 nitrogen and oxygen atoms in total. The highest BCUT2D eigenvalue weighted by molar-refractivity contribution is 7.80. The second kappa shape index (κ2) is 8.21. The molecule has 0 aliphatic carbocycles. The number of carbonyl (C=O) groups is 2. The number of amides is 1. The summed E-state index contributed by atoms with van der Waals surface area (Å²) in [6, 6.07) is 4.34. The van der Waals surface area contributed by atoms with Crippen LogP contribution in [0.25, 0.3) is 0 Å². The lowest BCUT2D eigenvalue weighted by atomic mass is 10.2. The van der Waals surface area contributed by atoms with Crippen LogP contribution in [-0.4, -0.2) is 29.2 Å². The molecular weight excluding hydrogens is 292 g/mol. The van der Waals surface area contributed by atoms with Crippen molar-refractivity contribution in [1.29, 1.82) is 0 Å². The fourth-order valence-electron chi connectivity index (χ4n) is 1.62. The summed E-state index contributed by atoms with van der Waals surface area (Å²) in [4.78, 5) is 22.5. The third-order valence-electron chi connectivity index (χ3n) is 2.70. The molecule has 0 unspecified atom stereocenters. The van der Waals surface area contributed by atoms with Crippen molar-refractivity contribution < 1.29 is 19.4 Å². The van der Waals surface area contributed by atoms with Crippen molar-refractivity contribution in [1.82, 2.24) is 5.32 Å². The van der Waals surface area contributed by atoms with Crippen LogP contribution in [0.3, 0.4) is 0 Å². The van der Waals surface area contributed by atoms with Gasteiger partial charge in [-0.3, -0.25) is 4.79 Å². The van der Waals surface area contributed by atoms with E-state index in [0.29, 0.717) is 17.9 Å². The predicted octanol–water partition coefficient (Wildman–Crippen LogP) is 2.40. The number of carboxylic acid groups (broad SMARTS) is 1. The van der Waals surface area contributed by atoms with Gasteiger partial charge in [-0.2, -0.15) is 0 Å². The summed E-state index contributed by atoms with van der Waals surface area (Å²) in [6.45, 7) is 1.99. The van der Waals surface area contributed by atoms with E-state index in [2.05, 4.69) is 10.6 Å². The van der Waals surface area contributed by atoms with Crippen molar-refractivity contribution in [3.8, 4) is 5.75 Å². The van der Waals surface area contributed by atoms with Crippen LogP contribution in [-0.2, 0) is 4.79 Å². The number of methoxy groups -OCH3 is 1. The minimum absolute atomic E-state index is 0.0957. The molecule has 0 spiro atoms. The molecule has 0 aliphatic heterocycles. The molecule has 0 saturated carbocycles. The van der Waals surface area contributed by atoms with Crippen molar-refractivity contribution in [2.24, 2.45) is 0 Å². The molecular formula is C14H18N2O4S. The Bertz CT molecular complexity index is 546. The van der Waals surface area contributed by atoms with Gasteiger partial charge in [-0.1, -0.05) is 13.3 Å². The third kappa shape index (κ3) is 5.39. The Kier molecular flexibility index (Phi) is 6.61. The van der Waals surface area contributed by atoms with Gasteiger partial charge in [0, 0.05) is 6.42 Å². The predicted molar refractivity (Wildman–Crippen MR) is 83.8 cm³/mol. The van der Waals surface area contributed by atoms with Crippen LogP contribution in [0.1, 0.15) is 36.5 Å². The summed E-state index contributed by atoms with van der Waals surface area (Å²) in [6.07, 6.45) is 2.10. The number of hydrogen-bond acceptors (Lipinski definition) is 4. The maximum Gasteiger partial charge on any atom is 0.335 e. The van der Waals surface area contributed by atoms with Gasteiger partial charge in [0.1, 0.15) is 5.75 Å². The van der Waals surface area contributed by atoms with Crippen molar-refractivity contribution in [3.05, 3.63) is 23.8 Å². The normalized spacial score (nSPS) is 9.81. The molecule has 1 amide bonds. The monoisotopic (exact) mass is 310 g/mol. The van der Waals surface area contributed by atoms with Gasteiger partial charge in [-0.25, -0.2) is 4.79 Å². The Hall–Kier alpha value is -2.15. The Morgan fingerprint density at radius 1 is 1.38 bits per heavy atom. The SMILES string of the molecule is CCCCC(=O)NC(=S)Nc1cc(C(=O)O)ccc1OC. The highest BCUT2D eigenvalue weighted by atomic mass is 32.1. The number of hydrogen-bond donors (Lipinski definition) is 3. The molecule has 3 N–H and O–H groups in total. The summed E-state index contributed by atoms with van der Waals surface area (Å²) >= 11 is 5.03. The zero-order valence-electron chi connectivity index (χ0n) is 11.9. The van der Waals surface area contributed by atoms with Gasteiger partial charge in [-0.15, -0.1) is 0 Å². The lowest BCUT2D eigenvalue weighted by molar-refractivity contribution is -0.119. The molecule has 0 aliphatic rings. The maximum absolute atomic E-state index is 11.6. The summed E-state index contributed by atoms with van der Waals surface area (Å²) < 4.78 is 5.12. The highest BCUT2D eigenvalue weighted by Gasteiger charge is 2.11. The minimum atomic E-state index is -1.06. The molecule has 0 saturated heterocycles. The lowest BCUT2D eigenvalue weighted by Crippen LogP contribution is -2.34. The zero-order chi connectivity index (χ0) is 15.8. The number of ether oxygens (including phenoxy) is 1. The van der Waals surface area contributed by atoms with Gasteiger partial charge in [0.05, 0.1) is 18.4 Å². The molecule has 0 fully saturated rings. The van der Waals surface area contributed by atoms with Crippen molar-refractivity contribution in [2.45, 2.75) is 26.2 Å². The van der Waals surface area contributed by atoms with Gasteiger partial charge in [0.2, 0.25) is 5.91 Å². The first-order valence-corrected chi connectivity index (χ1v) is 6.91. The average Bonchev–Trinajstić information content (AvgIpc) is 2.44. The second-order valence-corrected chi connectivity index (χ2v) is 4.73. The molecule has 7 heteroatoms. The first-order valence-electron chi connectivity index (χ1n) is 6.50. The van der Waals surface area contributed by atoms with Crippen LogP contribution in [0.2, 0.25) is 0 Å². The number of carbonyl (C=O) groups excluding carboxylic acids is 1. The van der Waals surface area contributed by atoms with E-state index in [1.165, 1.54) is 25.3 Å². The second-order valence-electron chi connectivity index (χ2n) is 4.33. The van der Waals surface area contributed by atoms with E-state index < -0.39 is 5.97 Å². The number of aromatic carboxylic acids is 1.